The van der Waals surface area contributed by atoms with Gasteiger partial charge in [-0.05, 0) is 49.1 Å². The van der Waals surface area contributed by atoms with Gasteiger partial charge in [-0.2, -0.15) is 0 Å². The van der Waals surface area contributed by atoms with Crippen molar-refractivity contribution in [3.63, 3.8) is 0 Å². The molecule has 128 valence electrons. The predicted molar refractivity (Wildman–Crippen MR) is 98.4 cm³/mol. The fourth-order valence-electron chi connectivity index (χ4n) is 2.27. The van der Waals surface area contributed by atoms with Crippen molar-refractivity contribution in [3.8, 4) is 0 Å². The van der Waals surface area contributed by atoms with Crippen LogP contribution >= 0.6 is 22.9 Å². The zero-order chi connectivity index (χ0) is 17.4. The molecule has 0 aliphatic rings. The van der Waals surface area contributed by atoms with Crippen LogP contribution in [0.4, 0.5) is 0 Å². The first-order valence-corrected chi connectivity index (χ1v) is 9.20. The average molecular weight is 365 g/mol. The van der Waals surface area contributed by atoms with E-state index in [0.29, 0.717) is 43.1 Å². The molecule has 6 heteroatoms. The highest BCUT2D eigenvalue weighted by Crippen LogP contribution is 2.13. The van der Waals surface area contributed by atoms with E-state index in [1.807, 2.05) is 29.3 Å². The molecule has 2 amide bonds. The van der Waals surface area contributed by atoms with Crippen LogP contribution in [-0.2, 0) is 11.3 Å². The van der Waals surface area contributed by atoms with E-state index >= 15 is 0 Å². The highest BCUT2D eigenvalue weighted by molar-refractivity contribution is 7.09. The van der Waals surface area contributed by atoms with Crippen LogP contribution < -0.4 is 5.32 Å². The number of benzene rings is 1. The van der Waals surface area contributed by atoms with E-state index in [4.69, 9.17) is 11.6 Å². The number of halogens is 1. The fraction of sp³-hybridized carbons (Fsp3) is 0.333. The fourth-order valence-corrected chi connectivity index (χ4v) is 3.12. The minimum atomic E-state index is -0.148. The van der Waals surface area contributed by atoms with E-state index in [9.17, 15) is 9.59 Å². The van der Waals surface area contributed by atoms with Crippen LogP contribution in [0, 0.1) is 0 Å². The minimum Gasteiger partial charge on any atom is -0.352 e. The quantitative estimate of drug-likeness (QED) is 0.721. The number of nitrogens with zero attached hydrogens (tertiary/aromatic N) is 1. The number of thiophene rings is 1. The maximum absolute atomic E-state index is 12.3. The molecule has 1 N–H and O–H groups in total. The van der Waals surface area contributed by atoms with Crippen molar-refractivity contribution >= 4 is 34.8 Å². The molecule has 0 unspecified atom stereocenters. The minimum absolute atomic E-state index is 0.117. The number of carbonyl (C=O) groups is 2. The molecule has 0 atom stereocenters. The third-order valence-corrected chi connectivity index (χ3v) is 4.73. The van der Waals surface area contributed by atoms with Gasteiger partial charge in [-0.25, -0.2) is 0 Å². The number of hydrogen-bond donors (Lipinski definition) is 1. The summed E-state index contributed by atoms with van der Waals surface area (Å²) in [7, 11) is 0. The molecule has 0 radical (unpaired) electrons. The largest absolute Gasteiger partial charge is 0.352 e. The summed E-state index contributed by atoms with van der Waals surface area (Å²) >= 11 is 7.45. The van der Waals surface area contributed by atoms with Crippen molar-refractivity contribution in [2.45, 2.75) is 26.3 Å². The number of amides is 2. The Bertz CT molecular complexity index is 656. The second-order valence-corrected chi connectivity index (χ2v) is 6.82. The molecule has 1 aromatic heterocycles. The lowest BCUT2D eigenvalue weighted by molar-refractivity contribution is -0.131. The standard InChI is InChI=1S/C18H21ClN2O2S/c1-2-21(13-16-5-4-12-24-16)17(22)6-3-11-20-18(23)14-7-9-15(19)10-8-14/h4-5,7-10,12H,2-3,6,11,13H2,1H3,(H,20,23). The first-order valence-electron chi connectivity index (χ1n) is 7.94. The zero-order valence-electron chi connectivity index (χ0n) is 13.6. The molecule has 0 saturated carbocycles. The van der Waals surface area contributed by atoms with Gasteiger partial charge in [0.1, 0.15) is 0 Å². The Hall–Kier alpha value is -1.85. The van der Waals surface area contributed by atoms with Crippen LogP contribution in [0.15, 0.2) is 41.8 Å². The molecule has 0 fully saturated rings. The van der Waals surface area contributed by atoms with Gasteiger partial charge in [0, 0.05) is 35.0 Å². The summed E-state index contributed by atoms with van der Waals surface area (Å²) in [5, 5.41) is 5.44. The third kappa shape index (κ3) is 5.65. The van der Waals surface area contributed by atoms with Crippen molar-refractivity contribution < 1.29 is 9.59 Å². The molecule has 1 heterocycles. The molecular weight excluding hydrogens is 344 g/mol. The van der Waals surface area contributed by atoms with E-state index < -0.39 is 0 Å². The maximum atomic E-state index is 12.3. The Kier molecular flexibility index (Phi) is 7.28. The maximum Gasteiger partial charge on any atom is 0.251 e. The lowest BCUT2D eigenvalue weighted by Crippen LogP contribution is -2.31. The number of hydrogen-bond acceptors (Lipinski definition) is 3. The summed E-state index contributed by atoms with van der Waals surface area (Å²) in [5.41, 5.74) is 0.568. The van der Waals surface area contributed by atoms with Gasteiger partial charge in [0.15, 0.2) is 0 Å². The van der Waals surface area contributed by atoms with Gasteiger partial charge in [0.05, 0.1) is 6.54 Å². The molecule has 0 aliphatic heterocycles. The Morgan fingerprint density at radius 1 is 1.21 bits per heavy atom. The summed E-state index contributed by atoms with van der Waals surface area (Å²) < 4.78 is 0. The molecule has 0 spiro atoms. The van der Waals surface area contributed by atoms with E-state index in [1.54, 1.807) is 35.6 Å². The van der Waals surface area contributed by atoms with Gasteiger partial charge in [-0.15, -0.1) is 11.3 Å². The van der Waals surface area contributed by atoms with Crippen LogP contribution in [-0.4, -0.2) is 29.8 Å². The van der Waals surface area contributed by atoms with Crippen LogP contribution in [0.2, 0.25) is 5.02 Å². The Balaban J connectivity index is 1.71. The van der Waals surface area contributed by atoms with Crippen LogP contribution in [0.1, 0.15) is 35.0 Å². The van der Waals surface area contributed by atoms with Gasteiger partial charge >= 0.3 is 0 Å². The molecule has 2 aromatic rings. The summed E-state index contributed by atoms with van der Waals surface area (Å²) in [6, 6.07) is 10.8. The van der Waals surface area contributed by atoms with E-state index in [2.05, 4.69) is 5.32 Å². The van der Waals surface area contributed by atoms with Crippen LogP contribution in [0.3, 0.4) is 0 Å². The number of nitrogens with one attached hydrogen (secondary N) is 1. The highest BCUT2D eigenvalue weighted by Gasteiger charge is 2.12. The molecule has 1 aromatic carbocycles. The first kappa shape index (κ1) is 18.5. The number of carbonyl (C=O) groups excluding carboxylic acids is 2. The second kappa shape index (κ2) is 9.45. The van der Waals surface area contributed by atoms with Gasteiger partial charge in [0.2, 0.25) is 5.91 Å². The summed E-state index contributed by atoms with van der Waals surface area (Å²) in [6.45, 7) is 3.80. The lowest BCUT2D eigenvalue weighted by Gasteiger charge is -2.20. The summed E-state index contributed by atoms with van der Waals surface area (Å²) in [6.07, 6.45) is 1.05. The van der Waals surface area contributed by atoms with Crippen molar-refractivity contribution in [3.05, 3.63) is 57.2 Å². The monoisotopic (exact) mass is 364 g/mol. The highest BCUT2D eigenvalue weighted by atomic mass is 35.5. The van der Waals surface area contributed by atoms with Crippen molar-refractivity contribution in [1.82, 2.24) is 10.2 Å². The Labute approximate surface area is 151 Å². The van der Waals surface area contributed by atoms with Gasteiger partial charge < -0.3 is 10.2 Å². The zero-order valence-corrected chi connectivity index (χ0v) is 15.2. The van der Waals surface area contributed by atoms with Crippen molar-refractivity contribution in [1.29, 1.82) is 0 Å². The summed E-state index contributed by atoms with van der Waals surface area (Å²) in [5.74, 6) is -0.0308. The molecule has 0 saturated heterocycles. The van der Waals surface area contributed by atoms with Crippen LogP contribution in [0.25, 0.3) is 0 Å². The average Bonchev–Trinajstić information content (AvgIpc) is 3.10. The predicted octanol–water partition coefficient (Wildman–Crippen LogP) is 3.96. The third-order valence-electron chi connectivity index (χ3n) is 3.62. The van der Waals surface area contributed by atoms with Gasteiger partial charge in [-0.1, -0.05) is 17.7 Å². The van der Waals surface area contributed by atoms with E-state index in [1.165, 1.54) is 4.88 Å². The lowest BCUT2D eigenvalue weighted by atomic mass is 10.2. The smallest absolute Gasteiger partial charge is 0.251 e. The molecule has 24 heavy (non-hydrogen) atoms. The molecule has 4 nitrogen and oxygen atoms in total. The van der Waals surface area contributed by atoms with Crippen molar-refractivity contribution in [2.75, 3.05) is 13.1 Å². The van der Waals surface area contributed by atoms with Crippen LogP contribution in [0.5, 0.6) is 0 Å². The van der Waals surface area contributed by atoms with E-state index in [-0.39, 0.29) is 11.8 Å². The molecular formula is C18H21ClN2O2S. The van der Waals surface area contributed by atoms with E-state index in [0.717, 1.165) is 0 Å². The Morgan fingerprint density at radius 2 is 1.96 bits per heavy atom. The topological polar surface area (TPSA) is 49.4 Å². The number of rotatable bonds is 8. The molecule has 0 bridgehead atoms. The van der Waals surface area contributed by atoms with Gasteiger partial charge in [-0.3, -0.25) is 9.59 Å². The van der Waals surface area contributed by atoms with Crippen molar-refractivity contribution in [2.24, 2.45) is 0 Å². The molecule has 2 rings (SSSR count). The first-order chi connectivity index (χ1) is 11.6. The Morgan fingerprint density at radius 3 is 2.58 bits per heavy atom. The molecule has 0 aliphatic carbocycles. The normalized spacial score (nSPS) is 10.4. The van der Waals surface area contributed by atoms with Gasteiger partial charge in [0.25, 0.3) is 5.91 Å². The summed E-state index contributed by atoms with van der Waals surface area (Å²) in [4.78, 5) is 27.2. The SMILES string of the molecule is CCN(Cc1cccs1)C(=O)CCCNC(=O)c1ccc(Cl)cc1. The second-order valence-electron chi connectivity index (χ2n) is 5.35.